The lowest BCUT2D eigenvalue weighted by molar-refractivity contribution is -0.115. The van der Waals surface area contributed by atoms with Gasteiger partial charge in [-0.1, -0.05) is 34.1 Å². The van der Waals surface area contributed by atoms with Gasteiger partial charge in [-0.05, 0) is 48.7 Å². The maximum Gasteiger partial charge on any atom is 0.243 e. The fraction of sp³-hybridized carbons (Fsp3) is 0.263. The molecule has 0 fully saturated rings. The number of halogens is 2. The van der Waals surface area contributed by atoms with Crippen LogP contribution in [0.4, 0.5) is 10.1 Å². The Morgan fingerprint density at radius 3 is 2.54 bits per heavy atom. The van der Waals surface area contributed by atoms with Crippen molar-refractivity contribution in [2.75, 3.05) is 18.9 Å². The Labute approximate surface area is 161 Å². The molecule has 0 saturated carbocycles. The Hall–Kier alpha value is -2.41. The third-order valence-electron chi connectivity index (χ3n) is 3.81. The first kappa shape index (κ1) is 19.9. The molecule has 0 aliphatic carbocycles. The van der Waals surface area contributed by atoms with Crippen LogP contribution in [0.3, 0.4) is 0 Å². The predicted octanol–water partition coefficient (Wildman–Crippen LogP) is 3.51. The van der Waals surface area contributed by atoms with Gasteiger partial charge in [0.15, 0.2) is 5.96 Å². The normalized spacial score (nSPS) is 11.2. The van der Waals surface area contributed by atoms with Gasteiger partial charge in [-0.2, -0.15) is 0 Å². The number of carbonyl (C=O) groups excluding carboxylic acids is 1. The highest BCUT2D eigenvalue weighted by Gasteiger charge is 2.07. The van der Waals surface area contributed by atoms with Gasteiger partial charge in [0.05, 0.1) is 6.54 Å². The van der Waals surface area contributed by atoms with Crippen LogP contribution in [0.15, 0.2) is 45.9 Å². The third kappa shape index (κ3) is 5.84. The lowest BCUT2D eigenvalue weighted by atomic mass is 10.1. The molecular formula is C19H22BrFN4O. The van der Waals surface area contributed by atoms with Crippen LogP contribution >= 0.6 is 15.9 Å². The van der Waals surface area contributed by atoms with Crippen molar-refractivity contribution in [3.8, 4) is 0 Å². The molecule has 2 aromatic carbocycles. The molecule has 0 radical (unpaired) electrons. The quantitative estimate of drug-likeness (QED) is 0.512. The Kier molecular flexibility index (Phi) is 7.15. The molecule has 2 aromatic rings. The SMILES string of the molecule is CN=C(NCC(=O)Nc1cc(Br)ccc1C)NCc1ccc(C)c(F)c1. The predicted molar refractivity (Wildman–Crippen MR) is 107 cm³/mol. The van der Waals surface area contributed by atoms with Gasteiger partial charge < -0.3 is 16.0 Å². The Morgan fingerprint density at radius 2 is 1.85 bits per heavy atom. The van der Waals surface area contributed by atoms with Crippen molar-refractivity contribution in [1.82, 2.24) is 10.6 Å². The van der Waals surface area contributed by atoms with Gasteiger partial charge in [0.25, 0.3) is 0 Å². The van der Waals surface area contributed by atoms with E-state index < -0.39 is 0 Å². The molecule has 0 unspecified atom stereocenters. The number of nitrogens with one attached hydrogen (secondary N) is 3. The average molecular weight is 421 g/mol. The minimum atomic E-state index is -0.240. The average Bonchev–Trinajstić information content (AvgIpc) is 2.61. The van der Waals surface area contributed by atoms with E-state index in [1.165, 1.54) is 6.07 Å². The van der Waals surface area contributed by atoms with Crippen LogP contribution in [-0.4, -0.2) is 25.5 Å². The molecule has 0 heterocycles. The Balaban J connectivity index is 1.85. The highest BCUT2D eigenvalue weighted by atomic mass is 79.9. The number of anilines is 1. The second kappa shape index (κ2) is 9.33. The smallest absolute Gasteiger partial charge is 0.243 e. The highest BCUT2D eigenvalue weighted by Crippen LogP contribution is 2.20. The molecule has 1 amide bonds. The number of nitrogens with zero attached hydrogens (tertiary/aromatic N) is 1. The zero-order chi connectivity index (χ0) is 19.1. The molecule has 26 heavy (non-hydrogen) atoms. The largest absolute Gasteiger partial charge is 0.352 e. The molecule has 3 N–H and O–H groups in total. The topological polar surface area (TPSA) is 65.5 Å². The van der Waals surface area contributed by atoms with E-state index in [2.05, 4.69) is 36.9 Å². The number of guanidine groups is 1. The van der Waals surface area contributed by atoms with E-state index in [4.69, 9.17) is 0 Å². The van der Waals surface area contributed by atoms with Gasteiger partial charge in [0.1, 0.15) is 5.82 Å². The Morgan fingerprint density at radius 1 is 1.12 bits per heavy atom. The molecule has 2 rings (SSSR count). The summed E-state index contributed by atoms with van der Waals surface area (Å²) in [7, 11) is 1.61. The Bertz CT molecular complexity index is 823. The minimum absolute atomic E-state index is 0.0634. The van der Waals surface area contributed by atoms with Crippen molar-refractivity contribution < 1.29 is 9.18 Å². The molecule has 7 heteroatoms. The van der Waals surface area contributed by atoms with Gasteiger partial charge >= 0.3 is 0 Å². The second-order valence-electron chi connectivity index (χ2n) is 5.87. The van der Waals surface area contributed by atoms with Crippen LogP contribution in [0.25, 0.3) is 0 Å². The van der Waals surface area contributed by atoms with Gasteiger partial charge in [-0.15, -0.1) is 0 Å². The summed E-state index contributed by atoms with van der Waals surface area (Å²) in [6.07, 6.45) is 0. The number of aryl methyl sites for hydroxylation is 2. The molecule has 0 bridgehead atoms. The maximum absolute atomic E-state index is 13.6. The van der Waals surface area contributed by atoms with E-state index in [0.717, 1.165) is 21.3 Å². The molecule has 5 nitrogen and oxygen atoms in total. The summed E-state index contributed by atoms with van der Waals surface area (Å²) in [5, 5.41) is 8.85. The van der Waals surface area contributed by atoms with Gasteiger partial charge in [-0.3, -0.25) is 9.79 Å². The van der Waals surface area contributed by atoms with Crippen LogP contribution in [-0.2, 0) is 11.3 Å². The molecule has 0 saturated heterocycles. The van der Waals surface area contributed by atoms with E-state index >= 15 is 0 Å². The summed E-state index contributed by atoms with van der Waals surface area (Å²) in [6.45, 7) is 4.12. The lowest BCUT2D eigenvalue weighted by Gasteiger charge is -2.13. The van der Waals surface area contributed by atoms with Crippen LogP contribution in [0.1, 0.15) is 16.7 Å². The van der Waals surface area contributed by atoms with E-state index in [1.54, 1.807) is 20.0 Å². The van der Waals surface area contributed by atoms with Crippen molar-refractivity contribution >= 4 is 33.5 Å². The van der Waals surface area contributed by atoms with E-state index in [-0.39, 0.29) is 18.3 Å². The number of rotatable bonds is 5. The summed E-state index contributed by atoms with van der Waals surface area (Å²) < 4.78 is 14.5. The summed E-state index contributed by atoms with van der Waals surface area (Å²) >= 11 is 3.39. The molecule has 0 aliphatic heterocycles. The van der Waals surface area contributed by atoms with E-state index in [1.807, 2.05) is 31.2 Å². The van der Waals surface area contributed by atoms with Crippen LogP contribution in [0.5, 0.6) is 0 Å². The molecule has 0 atom stereocenters. The van der Waals surface area contributed by atoms with Crippen molar-refractivity contribution in [3.63, 3.8) is 0 Å². The standard InChI is InChI=1S/C19H22BrFN4O/c1-12-4-6-14(8-16(12)21)10-23-19(22-3)24-11-18(26)25-17-9-15(20)7-5-13(17)2/h4-9H,10-11H2,1-3H3,(H,25,26)(H2,22,23,24). The molecule has 0 aromatic heterocycles. The maximum atomic E-state index is 13.6. The van der Waals surface area contributed by atoms with E-state index in [0.29, 0.717) is 18.1 Å². The third-order valence-corrected chi connectivity index (χ3v) is 4.30. The van der Waals surface area contributed by atoms with Crippen molar-refractivity contribution in [2.24, 2.45) is 4.99 Å². The fourth-order valence-electron chi connectivity index (χ4n) is 2.24. The zero-order valence-corrected chi connectivity index (χ0v) is 16.6. The number of hydrogen-bond donors (Lipinski definition) is 3. The number of hydrogen-bond acceptors (Lipinski definition) is 2. The number of carbonyl (C=O) groups is 1. The number of aliphatic imine (C=N–C) groups is 1. The van der Waals surface area contributed by atoms with Crippen LogP contribution in [0, 0.1) is 19.7 Å². The first-order chi connectivity index (χ1) is 12.4. The lowest BCUT2D eigenvalue weighted by Crippen LogP contribution is -2.41. The number of amides is 1. The summed E-state index contributed by atoms with van der Waals surface area (Å²) in [6, 6.07) is 10.8. The van der Waals surface area contributed by atoms with Gasteiger partial charge in [0, 0.05) is 23.8 Å². The number of benzene rings is 2. The first-order valence-electron chi connectivity index (χ1n) is 8.14. The fourth-order valence-corrected chi connectivity index (χ4v) is 2.60. The first-order valence-corrected chi connectivity index (χ1v) is 8.94. The summed E-state index contributed by atoms with van der Waals surface area (Å²) in [5.74, 6) is 0.0404. The van der Waals surface area contributed by atoms with Crippen molar-refractivity contribution in [2.45, 2.75) is 20.4 Å². The van der Waals surface area contributed by atoms with Crippen LogP contribution < -0.4 is 16.0 Å². The molecule has 0 aliphatic rings. The van der Waals surface area contributed by atoms with Crippen molar-refractivity contribution in [1.29, 1.82) is 0 Å². The van der Waals surface area contributed by atoms with E-state index in [9.17, 15) is 9.18 Å². The summed E-state index contributed by atoms with van der Waals surface area (Å²) in [4.78, 5) is 16.2. The zero-order valence-electron chi connectivity index (χ0n) is 15.0. The molecule has 138 valence electrons. The minimum Gasteiger partial charge on any atom is -0.352 e. The van der Waals surface area contributed by atoms with Gasteiger partial charge in [-0.25, -0.2) is 4.39 Å². The monoisotopic (exact) mass is 420 g/mol. The van der Waals surface area contributed by atoms with Crippen molar-refractivity contribution in [3.05, 3.63) is 63.4 Å². The summed E-state index contributed by atoms with van der Waals surface area (Å²) in [5.41, 5.74) is 3.13. The highest BCUT2D eigenvalue weighted by molar-refractivity contribution is 9.10. The molecular weight excluding hydrogens is 399 g/mol. The second-order valence-corrected chi connectivity index (χ2v) is 6.79. The molecule has 0 spiro atoms. The van der Waals surface area contributed by atoms with Crippen LogP contribution in [0.2, 0.25) is 0 Å². The van der Waals surface area contributed by atoms with Gasteiger partial charge in [0.2, 0.25) is 5.91 Å².